The van der Waals surface area contributed by atoms with Crippen LogP contribution in [0.15, 0.2) is 65.9 Å². The molecule has 0 unspecified atom stereocenters. The van der Waals surface area contributed by atoms with Gasteiger partial charge in [0.2, 0.25) is 0 Å². The Labute approximate surface area is 123 Å². The van der Waals surface area contributed by atoms with Gasteiger partial charge in [0.15, 0.2) is 0 Å². The summed E-state index contributed by atoms with van der Waals surface area (Å²) in [5, 5.41) is 16.6. The maximum atomic E-state index is 8.85. The van der Waals surface area contributed by atoms with Gasteiger partial charge in [-0.05, 0) is 19.1 Å². The number of benzene rings is 2. The first-order valence-corrected chi connectivity index (χ1v) is 6.67. The van der Waals surface area contributed by atoms with E-state index in [2.05, 4.69) is 10.3 Å². The third-order valence-electron chi connectivity index (χ3n) is 3.29. The van der Waals surface area contributed by atoms with Crippen LogP contribution in [0.25, 0.3) is 16.9 Å². The minimum absolute atomic E-state index is 0.769. The Bertz CT molecular complexity index is 758. The van der Waals surface area contributed by atoms with Gasteiger partial charge in [-0.25, -0.2) is 4.68 Å². The maximum Gasteiger partial charge on any atom is 0.102 e. The van der Waals surface area contributed by atoms with Crippen molar-refractivity contribution in [3.05, 3.63) is 71.9 Å². The third-order valence-corrected chi connectivity index (χ3v) is 3.29. The van der Waals surface area contributed by atoms with E-state index in [1.54, 1.807) is 4.68 Å². The van der Waals surface area contributed by atoms with Gasteiger partial charge in [-0.1, -0.05) is 53.2 Å². The number of hydrogen-bond acceptors (Lipinski definition) is 3. The highest BCUT2D eigenvalue weighted by Crippen LogP contribution is 2.23. The summed E-state index contributed by atoms with van der Waals surface area (Å²) in [5.74, 6) is 0. The second-order valence-corrected chi connectivity index (χ2v) is 4.82. The molecule has 1 heterocycles. The van der Waals surface area contributed by atoms with Crippen molar-refractivity contribution in [1.29, 1.82) is 0 Å². The van der Waals surface area contributed by atoms with Gasteiger partial charge in [0.25, 0.3) is 0 Å². The molecule has 21 heavy (non-hydrogen) atoms. The van der Waals surface area contributed by atoms with Crippen LogP contribution in [0.5, 0.6) is 0 Å². The number of aromatic nitrogens is 2. The molecule has 0 fully saturated rings. The lowest BCUT2D eigenvalue weighted by Crippen LogP contribution is -1.93. The molecule has 0 saturated heterocycles. The Morgan fingerprint density at radius 3 is 2.43 bits per heavy atom. The van der Waals surface area contributed by atoms with Crippen LogP contribution in [0.1, 0.15) is 11.1 Å². The Morgan fingerprint density at radius 1 is 1.05 bits per heavy atom. The SMILES string of the molecule is Cc1ccc(-c2nn(-c3ccccc3)cc2C=NO)cc1. The fourth-order valence-electron chi connectivity index (χ4n) is 2.19. The summed E-state index contributed by atoms with van der Waals surface area (Å²) in [7, 11) is 0. The zero-order valence-corrected chi connectivity index (χ0v) is 11.6. The molecule has 0 amide bonds. The smallest absolute Gasteiger partial charge is 0.102 e. The quantitative estimate of drug-likeness (QED) is 0.451. The molecule has 0 atom stereocenters. The van der Waals surface area contributed by atoms with Crippen LogP contribution in [0, 0.1) is 6.92 Å². The van der Waals surface area contributed by atoms with Gasteiger partial charge in [-0.2, -0.15) is 5.10 Å². The minimum Gasteiger partial charge on any atom is -0.411 e. The molecule has 1 aromatic heterocycles. The standard InChI is InChI=1S/C17H15N3O/c1-13-7-9-14(10-8-13)17-15(11-18-21)12-20(19-17)16-5-3-2-4-6-16/h2-12,21H,1H3. The van der Waals surface area contributed by atoms with Gasteiger partial charge in [0, 0.05) is 17.3 Å². The Balaban J connectivity index is 2.11. The summed E-state index contributed by atoms with van der Waals surface area (Å²) >= 11 is 0. The first-order valence-electron chi connectivity index (χ1n) is 6.67. The molecule has 0 radical (unpaired) electrons. The summed E-state index contributed by atoms with van der Waals surface area (Å²) in [6, 6.07) is 17.9. The molecule has 0 aliphatic rings. The number of hydrogen-bond donors (Lipinski definition) is 1. The molecular formula is C17H15N3O. The molecule has 0 aliphatic heterocycles. The monoisotopic (exact) mass is 277 g/mol. The van der Waals surface area contributed by atoms with Crippen LogP contribution in [0.4, 0.5) is 0 Å². The van der Waals surface area contributed by atoms with Crippen molar-refractivity contribution in [3.8, 4) is 16.9 Å². The van der Waals surface area contributed by atoms with Gasteiger partial charge in [-0.15, -0.1) is 0 Å². The Kier molecular flexibility index (Phi) is 3.51. The molecule has 4 nitrogen and oxygen atoms in total. The average Bonchev–Trinajstić information content (AvgIpc) is 2.93. The lowest BCUT2D eigenvalue weighted by molar-refractivity contribution is 0.322. The molecule has 0 bridgehead atoms. The van der Waals surface area contributed by atoms with E-state index in [9.17, 15) is 0 Å². The molecule has 104 valence electrons. The number of para-hydroxylation sites is 1. The average molecular weight is 277 g/mol. The van der Waals surface area contributed by atoms with Crippen molar-refractivity contribution in [2.24, 2.45) is 5.16 Å². The first-order chi connectivity index (χ1) is 10.3. The van der Waals surface area contributed by atoms with Gasteiger partial charge >= 0.3 is 0 Å². The van der Waals surface area contributed by atoms with E-state index in [1.807, 2.05) is 67.7 Å². The zero-order valence-electron chi connectivity index (χ0n) is 11.6. The minimum atomic E-state index is 0.769. The lowest BCUT2D eigenvalue weighted by Gasteiger charge is -2.01. The predicted molar refractivity (Wildman–Crippen MR) is 83.1 cm³/mol. The largest absolute Gasteiger partial charge is 0.411 e. The summed E-state index contributed by atoms with van der Waals surface area (Å²) in [5.41, 5.74) is 4.70. The number of rotatable bonds is 3. The predicted octanol–water partition coefficient (Wildman–Crippen LogP) is 3.66. The number of aryl methyl sites for hydroxylation is 1. The molecule has 3 aromatic rings. The van der Waals surface area contributed by atoms with Crippen LogP contribution in [-0.4, -0.2) is 21.2 Å². The number of nitrogens with zero attached hydrogens (tertiary/aromatic N) is 3. The second kappa shape index (κ2) is 5.63. The first kappa shape index (κ1) is 13.1. The van der Waals surface area contributed by atoms with Crippen LogP contribution in [0.2, 0.25) is 0 Å². The molecule has 2 aromatic carbocycles. The van der Waals surface area contributed by atoms with Gasteiger partial charge < -0.3 is 5.21 Å². The fraction of sp³-hybridized carbons (Fsp3) is 0.0588. The van der Waals surface area contributed by atoms with E-state index >= 15 is 0 Å². The van der Waals surface area contributed by atoms with Crippen LogP contribution >= 0.6 is 0 Å². The van der Waals surface area contributed by atoms with Crippen LogP contribution in [-0.2, 0) is 0 Å². The van der Waals surface area contributed by atoms with E-state index < -0.39 is 0 Å². The van der Waals surface area contributed by atoms with E-state index in [-0.39, 0.29) is 0 Å². The summed E-state index contributed by atoms with van der Waals surface area (Å²) < 4.78 is 1.78. The Hall–Kier alpha value is -2.88. The zero-order chi connectivity index (χ0) is 14.7. The topological polar surface area (TPSA) is 50.4 Å². The van der Waals surface area contributed by atoms with Crippen molar-refractivity contribution >= 4 is 6.21 Å². The number of oxime groups is 1. The molecule has 3 rings (SSSR count). The fourth-order valence-corrected chi connectivity index (χ4v) is 2.19. The van der Waals surface area contributed by atoms with Crippen LogP contribution in [0.3, 0.4) is 0 Å². The highest BCUT2D eigenvalue weighted by molar-refractivity contribution is 5.88. The molecular weight excluding hydrogens is 262 g/mol. The van der Waals surface area contributed by atoms with E-state index in [1.165, 1.54) is 11.8 Å². The normalized spacial score (nSPS) is 11.1. The molecule has 0 aliphatic carbocycles. The lowest BCUT2D eigenvalue weighted by atomic mass is 10.1. The van der Waals surface area contributed by atoms with Crippen molar-refractivity contribution in [2.75, 3.05) is 0 Å². The van der Waals surface area contributed by atoms with Crippen molar-refractivity contribution < 1.29 is 5.21 Å². The molecule has 0 saturated carbocycles. The molecule has 1 N–H and O–H groups in total. The van der Waals surface area contributed by atoms with Gasteiger partial charge in [0.1, 0.15) is 5.69 Å². The van der Waals surface area contributed by atoms with Gasteiger partial charge in [-0.3, -0.25) is 0 Å². The van der Waals surface area contributed by atoms with Crippen molar-refractivity contribution in [1.82, 2.24) is 9.78 Å². The highest BCUT2D eigenvalue weighted by atomic mass is 16.4. The summed E-state index contributed by atoms with van der Waals surface area (Å²) in [6.45, 7) is 2.04. The maximum absolute atomic E-state index is 8.85. The Morgan fingerprint density at radius 2 is 1.76 bits per heavy atom. The van der Waals surface area contributed by atoms with Gasteiger partial charge in [0.05, 0.1) is 11.9 Å². The summed E-state index contributed by atoms with van der Waals surface area (Å²) in [6.07, 6.45) is 3.26. The molecule has 4 heteroatoms. The van der Waals surface area contributed by atoms with Crippen molar-refractivity contribution in [3.63, 3.8) is 0 Å². The second-order valence-electron chi connectivity index (χ2n) is 4.82. The van der Waals surface area contributed by atoms with E-state index in [4.69, 9.17) is 5.21 Å². The highest BCUT2D eigenvalue weighted by Gasteiger charge is 2.10. The van der Waals surface area contributed by atoms with Crippen molar-refractivity contribution in [2.45, 2.75) is 6.92 Å². The molecule has 0 spiro atoms. The summed E-state index contributed by atoms with van der Waals surface area (Å²) in [4.78, 5) is 0. The third kappa shape index (κ3) is 2.69. The van der Waals surface area contributed by atoms with Crippen LogP contribution < -0.4 is 0 Å². The van der Waals surface area contributed by atoms with E-state index in [0.29, 0.717) is 0 Å². The van der Waals surface area contributed by atoms with E-state index in [0.717, 1.165) is 22.5 Å².